The van der Waals surface area contributed by atoms with Gasteiger partial charge in [-0.2, -0.15) is 0 Å². The van der Waals surface area contributed by atoms with Gasteiger partial charge < -0.3 is 24.8 Å². The number of allylic oxidation sites excluding steroid dienone is 8. The number of fused-ring (bicyclic) bond motifs is 5. The van der Waals surface area contributed by atoms with Gasteiger partial charge in [-0.3, -0.25) is 0 Å². The average Bonchev–Trinajstić information content (AvgIpc) is 3.86. The number of hydrogen-bond donors (Lipinski definition) is 0. The quantitative estimate of drug-likeness (QED) is 0.169. The molecule has 0 aromatic heterocycles. The molecule has 0 aliphatic heterocycles. The first-order valence-corrected chi connectivity index (χ1v) is 25.6. The van der Waals surface area contributed by atoms with Crippen molar-refractivity contribution in [2.45, 2.75) is 105 Å². The van der Waals surface area contributed by atoms with Crippen molar-refractivity contribution < 1.29 is 46.1 Å². The summed E-state index contributed by atoms with van der Waals surface area (Å²) < 4.78 is 5.25. The van der Waals surface area contributed by atoms with Crippen LogP contribution in [0.1, 0.15) is 132 Å². The fourth-order valence-corrected chi connectivity index (χ4v) is 23.4. The summed E-state index contributed by atoms with van der Waals surface area (Å²) in [6.45, 7) is 20.1. The van der Waals surface area contributed by atoms with Crippen LogP contribution in [-0.4, -0.2) is 3.21 Å². The molecule has 4 aromatic carbocycles. The van der Waals surface area contributed by atoms with Crippen molar-refractivity contribution in [1.82, 2.24) is 0 Å². The Morgan fingerprint density at radius 3 is 1.74 bits per heavy atom. The molecule has 8 aliphatic carbocycles. The molecule has 4 aromatic rings. The van der Waals surface area contributed by atoms with Gasteiger partial charge >= 0.3 is 346 Å². The van der Waals surface area contributed by atoms with E-state index in [1.54, 1.807) is 26.5 Å². The second kappa shape index (κ2) is 14.1. The van der Waals surface area contributed by atoms with Crippen LogP contribution in [0.3, 0.4) is 0 Å². The molecule has 0 radical (unpaired) electrons. The third-order valence-corrected chi connectivity index (χ3v) is 25.8. The molecule has 0 nitrogen and oxygen atoms in total. The van der Waals surface area contributed by atoms with E-state index in [0.29, 0.717) is 11.3 Å². The third kappa shape index (κ3) is 5.79. The van der Waals surface area contributed by atoms with E-state index in [2.05, 4.69) is 159 Å². The fourth-order valence-electron chi connectivity index (χ4n) is 14.0. The summed E-state index contributed by atoms with van der Waals surface area (Å²) in [4.78, 5) is 0. The molecule has 8 aliphatic rings. The standard InChI is InChI=1S/C25H25.C17H23.C13H10.2ClH.Zr/c1-14-12-24(3,4)22-8-16-7-17-9-23-19(15(2)13-25(23,5)6)11-21(17)20(16)10-18(14)22;1-11-3-4-14(5-11)17(2)15-7-12-6-13(9-15)10-16(17)8-12;1-3-7-12(8-4-1)11-13-9-5-2-6-10-13;;;/h8-12H,7H2,1-6H3;4-5,11-13,15-16H,6-10H2,1-2H3;1-10H;2*1H;/q;;;;;+2/p-2. The molecule has 1 atom stereocenters. The Labute approximate surface area is 368 Å². The average molecular weight is 881 g/mol. The molecule has 4 saturated carbocycles. The molecule has 296 valence electrons. The van der Waals surface area contributed by atoms with Crippen molar-refractivity contribution in [3.63, 3.8) is 0 Å². The van der Waals surface area contributed by atoms with Gasteiger partial charge in [0.1, 0.15) is 0 Å². The number of hydrogen-bond acceptors (Lipinski definition) is 0. The Morgan fingerprint density at radius 2 is 1.17 bits per heavy atom. The largest absolute Gasteiger partial charge is 1.00 e. The van der Waals surface area contributed by atoms with Gasteiger partial charge in [-0.1, -0.05) is 0 Å². The fraction of sp³-hybridized carbons (Fsp3) is 0.400. The summed E-state index contributed by atoms with van der Waals surface area (Å²) in [5, 5.41) is 0. The Kier molecular flexibility index (Phi) is 9.87. The van der Waals surface area contributed by atoms with E-state index in [4.69, 9.17) is 0 Å². The first-order chi connectivity index (χ1) is 26.8. The Balaban J connectivity index is 0.00000218. The number of benzene rings is 4. The molecule has 0 spiro atoms. The molecular formula is C55H58Cl2Zr. The second-order valence-electron chi connectivity index (χ2n) is 20.5. The number of halogens is 2. The van der Waals surface area contributed by atoms with Crippen molar-refractivity contribution in [2.75, 3.05) is 0 Å². The summed E-state index contributed by atoms with van der Waals surface area (Å²) in [5.74, 6) is 4.16. The van der Waals surface area contributed by atoms with Crippen molar-refractivity contribution in [3.05, 3.63) is 160 Å². The molecule has 12 rings (SSSR count). The van der Waals surface area contributed by atoms with E-state index in [0.717, 1.165) is 30.1 Å². The first-order valence-electron chi connectivity index (χ1n) is 21.9. The third-order valence-electron chi connectivity index (χ3n) is 16.5. The van der Waals surface area contributed by atoms with Crippen LogP contribution in [0.2, 0.25) is 0 Å². The topological polar surface area (TPSA) is 0 Å². The summed E-state index contributed by atoms with van der Waals surface area (Å²) in [7, 11) is 0. The molecule has 0 saturated heterocycles. The van der Waals surface area contributed by atoms with Gasteiger partial charge in [-0.15, -0.1) is 0 Å². The van der Waals surface area contributed by atoms with E-state index >= 15 is 0 Å². The molecule has 0 amide bonds. The second-order valence-corrected chi connectivity index (χ2v) is 26.3. The minimum atomic E-state index is -2.93. The molecule has 58 heavy (non-hydrogen) atoms. The van der Waals surface area contributed by atoms with Gasteiger partial charge in [0, 0.05) is 0 Å². The summed E-state index contributed by atoms with van der Waals surface area (Å²) >= 11 is -2.93. The predicted molar refractivity (Wildman–Crippen MR) is 234 cm³/mol. The smallest absolute Gasteiger partial charge is 1.00 e. The van der Waals surface area contributed by atoms with Gasteiger partial charge in [-0.25, -0.2) is 0 Å². The molecular weight excluding hydrogens is 823 g/mol. The molecule has 4 bridgehead atoms. The van der Waals surface area contributed by atoms with Crippen molar-refractivity contribution >= 4 is 14.4 Å². The van der Waals surface area contributed by atoms with Crippen LogP contribution >= 0.6 is 0 Å². The van der Waals surface area contributed by atoms with Gasteiger partial charge in [-0.05, 0) is 0 Å². The maximum atomic E-state index is 2.86. The van der Waals surface area contributed by atoms with Crippen LogP contribution in [0.25, 0.3) is 22.3 Å². The van der Waals surface area contributed by atoms with Gasteiger partial charge in [0.15, 0.2) is 0 Å². The Bertz CT molecular complexity index is 2470. The van der Waals surface area contributed by atoms with E-state index in [9.17, 15) is 0 Å². The van der Waals surface area contributed by atoms with E-state index in [1.165, 1.54) is 87.7 Å². The van der Waals surface area contributed by atoms with Gasteiger partial charge in [0.25, 0.3) is 0 Å². The van der Waals surface area contributed by atoms with E-state index < -0.39 is 21.3 Å². The van der Waals surface area contributed by atoms with Crippen molar-refractivity contribution in [2.24, 2.45) is 35.0 Å². The normalized spacial score (nSPS) is 28.3. The van der Waals surface area contributed by atoms with E-state index in [-0.39, 0.29) is 35.6 Å². The van der Waals surface area contributed by atoms with Crippen LogP contribution in [0.4, 0.5) is 0 Å². The maximum Gasteiger partial charge on any atom is -1.00 e. The molecule has 4 fully saturated rings. The first kappa shape index (κ1) is 40.6. The SMILES string of the molecule is CC1=CC(C)(C)c2cc3c(cc21)-c1cc2c(cc1C3)C(C)(C)[C]([Zr+2]([C]1=CC(C3(C)C4CC5CC(C4)CC3C5)=CC1C)=[C](c1ccccc1)c1ccccc1)=C2C.[Cl-].[Cl-]. The Hall–Kier alpha value is -2.83. The van der Waals surface area contributed by atoms with Crippen LogP contribution in [-0.2, 0) is 38.5 Å². The molecule has 1 unspecified atom stereocenters. The zero-order valence-corrected chi connectivity index (χ0v) is 39.7. The number of rotatable bonds is 5. The van der Waals surface area contributed by atoms with Gasteiger partial charge in [0.2, 0.25) is 0 Å². The molecule has 3 heteroatoms. The minimum Gasteiger partial charge on any atom is -1.00 e. The minimum absolute atomic E-state index is 0. The zero-order chi connectivity index (χ0) is 38.5. The summed E-state index contributed by atoms with van der Waals surface area (Å²) in [6.07, 6.45) is 16.5. The Morgan fingerprint density at radius 1 is 0.638 bits per heavy atom. The van der Waals surface area contributed by atoms with Gasteiger partial charge in [0.05, 0.1) is 0 Å². The van der Waals surface area contributed by atoms with Crippen molar-refractivity contribution in [3.8, 4) is 11.1 Å². The predicted octanol–water partition coefficient (Wildman–Crippen LogP) is 7.79. The monoisotopic (exact) mass is 878 g/mol. The molecule has 0 N–H and O–H groups in total. The zero-order valence-electron chi connectivity index (χ0n) is 35.7. The summed E-state index contributed by atoms with van der Waals surface area (Å²) in [6, 6.07) is 33.6. The molecule has 0 heterocycles. The van der Waals surface area contributed by atoms with Crippen LogP contribution in [0, 0.1) is 35.0 Å². The van der Waals surface area contributed by atoms with Crippen LogP contribution in [0.15, 0.2) is 115 Å². The maximum absolute atomic E-state index is 2.93. The van der Waals surface area contributed by atoms with Crippen LogP contribution in [0.5, 0.6) is 0 Å². The van der Waals surface area contributed by atoms with Crippen LogP contribution < -0.4 is 24.8 Å². The van der Waals surface area contributed by atoms with E-state index in [1.807, 2.05) is 0 Å². The van der Waals surface area contributed by atoms with Crippen molar-refractivity contribution in [1.29, 1.82) is 0 Å². The summed E-state index contributed by atoms with van der Waals surface area (Å²) in [5.41, 5.74) is 20.0.